The first-order chi connectivity index (χ1) is 10.2. The van der Waals surface area contributed by atoms with Crippen molar-refractivity contribution in [3.05, 3.63) is 65.2 Å². The van der Waals surface area contributed by atoms with Crippen molar-refractivity contribution in [3.63, 3.8) is 0 Å². The van der Waals surface area contributed by atoms with Gasteiger partial charge in [-0.15, -0.1) is 0 Å². The largest absolute Gasteiger partial charge is 0.484 e. The minimum atomic E-state index is -0.687. The molecule has 1 N–H and O–H groups in total. The minimum Gasteiger partial charge on any atom is -0.484 e. The van der Waals surface area contributed by atoms with E-state index < -0.39 is 6.04 Å². The van der Waals surface area contributed by atoms with Crippen LogP contribution < -0.4 is 10.1 Å². The zero-order chi connectivity index (χ0) is 15.1. The lowest BCUT2D eigenvalue weighted by Gasteiger charge is -2.12. The van der Waals surface area contributed by atoms with E-state index in [1.807, 2.05) is 24.3 Å². The van der Waals surface area contributed by atoms with Crippen molar-refractivity contribution in [3.8, 4) is 11.8 Å². The van der Waals surface area contributed by atoms with Gasteiger partial charge in [-0.1, -0.05) is 41.9 Å². The zero-order valence-corrected chi connectivity index (χ0v) is 11.9. The van der Waals surface area contributed by atoms with Crippen LogP contribution in [-0.4, -0.2) is 12.5 Å². The van der Waals surface area contributed by atoms with Crippen LogP contribution in [0.4, 0.5) is 0 Å². The van der Waals surface area contributed by atoms with E-state index in [1.165, 1.54) is 0 Å². The van der Waals surface area contributed by atoms with E-state index >= 15 is 0 Å². The lowest BCUT2D eigenvalue weighted by Crippen LogP contribution is -2.31. The van der Waals surface area contributed by atoms with Gasteiger partial charge in [0.05, 0.1) is 6.07 Å². The molecule has 0 radical (unpaired) electrons. The third-order valence-electron chi connectivity index (χ3n) is 2.75. The summed E-state index contributed by atoms with van der Waals surface area (Å²) in [4.78, 5) is 11.8. The van der Waals surface area contributed by atoms with Gasteiger partial charge in [0.1, 0.15) is 11.8 Å². The van der Waals surface area contributed by atoms with E-state index in [4.69, 9.17) is 21.6 Å². The average molecular weight is 301 g/mol. The van der Waals surface area contributed by atoms with E-state index in [-0.39, 0.29) is 12.5 Å². The first kappa shape index (κ1) is 14.9. The van der Waals surface area contributed by atoms with E-state index in [0.29, 0.717) is 10.8 Å². The fourth-order valence-corrected chi connectivity index (χ4v) is 1.84. The first-order valence-corrected chi connectivity index (χ1v) is 6.69. The Morgan fingerprint density at radius 2 is 1.86 bits per heavy atom. The summed E-state index contributed by atoms with van der Waals surface area (Å²) >= 11 is 5.76. The molecule has 0 aliphatic heterocycles. The Bertz CT molecular complexity index is 636. The summed E-state index contributed by atoms with van der Waals surface area (Å²) in [6.07, 6.45) is 0. The number of hydrogen-bond acceptors (Lipinski definition) is 3. The Morgan fingerprint density at radius 1 is 1.19 bits per heavy atom. The highest BCUT2D eigenvalue weighted by Crippen LogP contribution is 2.15. The van der Waals surface area contributed by atoms with E-state index in [2.05, 4.69) is 5.32 Å². The van der Waals surface area contributed by atoms with Crippen LogP contribution in [-0.2, 0) is 4.79 Å². The van der Waals surface area contributed by atoms with Gasteiger partial charge in [-0.25, -0.2) is 0 Å². The lowest BCUT2D eigenvalue weighted by molar-refractivity contribution is -0.123. The molecule has 0 saturated carbocycles. The molecule has 1 amide bonds. The van der Waals surface area contributed by atoms with Gasteiger partial charge in [0.2, 0.25) is 0 Å². The standard InChI is InChI=1S/C16H13ClN2O2/c17-13-6-8-14(9-7-13)21-11-16(20)19-15(10-18)12-4-2-1-3-5-12/h1-9,15H,11H2,(H,19,20). The smallest absolute Gasteiger partial charge is 0.259 e. The highest BCUT2D eigenvalue weighted by atomic mass is 35.5. The van der Waals surface area contributed by atoms with Crippen LogP contribution >= 0.6 is 11.6 Å². The average Bonchev–Trinajstić information content (AvgIpc) is 2.53. The van der Waals surface area contributed by atoms with Gasteiger partial charge in [0, 0.05) is 5.02 Å². The normalized spacial score (nSPS) is 11.2. The minimum absolute atomic E-state index is 0.160. The summed E-state index contributed by atoms with van der Waals surface area (Å²) in [5.41, 5.74) is 0.736. The third-order valence-corrected chi connectivity index (χ3v) is 3.00. The Hall–Kier alpha value is -2.51. The molecule has 0 saturated heterocycles. The summed E-state index contributed by atoms with van der Waals surface area (Å²) in [7, 11) is 0. The number of nitriles is 1. The van der Waals surface area contributed by atoms with Gasteiger partial charge >= 0.3 is 0 Å². The molecule has 2 rings (SSSR count). The second-order valence-electron chi connectivity index (χ2n) is 4.28. The van der Waals surface area contributed by atoms with Gasteiger partial charge in [-0.2, -0.15) is 5.26 Å². The molecule has 4 nitrogen and oxygen atoms in total. The molecule has 5 heteroatoms. The van der Waals surface area contributed by atoms with Crippen molar-refractivity contribution < 1.29 is 9.53 Å². The monoisotopic (exact) mass is 300 g/mol. The van der Waals surface area contributed by atoms with Crippen LogP contribution in [0.25, 0.3) is 0 Å². The number of amides is 1. The summed E-state index contributed by atoms with van der Waals surface area (Å²) < 4.78 is 5.32. The van der Waals surface area contributed by atoms with Crippen LogP contribution in [0.5, 0.6) is 5.75 Å². The van der Waals surface area contributed by atoms with Gasteiger partial charge in [-0.3, -0.25) is 4.79 Å². The first-order valence-electron chi connectivity index (χ1n) is 6.31. The summed E-state index contributed by atoms with van der Waals surface area (Å²) in [5.74, 6) is 0.183. The molecule has 1 unspecified atom stereocenters. The lowest BCUT2D eigenvalue weighted by atomic mass is 10.1. The van der Waals surface area contributed by atoms with Gasteiger partial charge in [0.15, 0.2) is 6.61 Å². The second-order valence-corrected chi connectivity index (χ2v) is 4.72. The molecule has 0 heterocycles. The molecule has 21 heavy (non-hydrogen) atoms. The topological polar surface area (TPSA) is 62.1 Å². The summed E-state index contributed by atoms with van der Waals surface area (Å²) in [6.45, 7) is -0.160. The van der Waals surface area contributed by atoms with Crippen LogP contribution in [0.3, 0.4) is 0 Å². The van der Waals surface area contributed by atoms with Crippen LogP contribution in [0.15, 0.2) is 54.6 Å². The number of nitrogens with one attached hydrogen (secondary N) is 1. The molecule has 1 atom stereocenters. The van der Waals surface area contributed by atoms with Crippen molar-refractivity contribution >= 4 is 17.5 Å². The SMILES string of the molecule is N#CC(NC(=O)COc1ccc(Cl)cc1)c1ccccc1. The fraction of sp³-hybridized carbons (Fsp3) is 0.125. The molecule has 2 aromatic carbocycles. The Kier molecular flexibility index (Phi) is 5.19. The van der Waals surface area contributed by atoms with Gasteiger partial charge in [0.25, 0.3) is 5.91 Å². The van der Waals surface area contributed by atoms with Crippen molar-refractivity contribution in [2.45, 2.75) is 6.04 Å². The van der Waals surface area contributed by atoms with E-state index in [1.54, 1.807) is 36.4 Å². The Balaban J connectivity index is 1.89. The number of ether oxygens (including phenoxy) is 1. The molecule has 0 aliphatic carbocycles. The van der Waals surface area contributed by atoms with E-state index in [9.17, 15) is 4.79 Å². The van der Waals surface area contributed by atoms with E-state index in [0.717, 1.165) is 5.56 Å². The van der Waals surface area contributed by atoms with Crippen molar-refractivity contribution in [2.75, 3.05) is 6.61 Å². The zero-order valence-electron chi connectivity index (χ0n) is 11.1. The van der Waals surface area contributed by atoms with Crippen LogP contribution in [0.2, 0.25) is 5.02 Å². The molecule has 0 aromatic heterocycles. The maximum Gasteiger partial charge on any atom is 0.259 e. The number of benzene rings is 2. The maximum atomic E-state index is 11.8. The number of carbonyl (C=O) groups is 1. The van der Waals surface area contributed by atoms with Crippen LogP contribution in [0, 0.1) is 11.3 Å². The molecule has 0 bridgehead atoms. The highest BCUT2D eigenvalue weighted by Gasteiger charge is 2.13. The molecule has 0 aliphatic rings. The maximum absolute atomic E-state index is 11.8. The van der Waals surface area contributed by atoms with Crippen molar-refractivity contribution in [1.82, 2.24) is 5.32 Å². The highest BCUT2D eigenvalue weighted by molar-refractivity contribution is 6.30. The van der Waals surface area contributed by atoms with Crippen molar-refractivity contribution in [1.29, 1.82) is 5.26 Å². The van der Waals surface area contributed by atoms with Gasteiger partial charge < -0.3 is 10.1 Å². The summed E-state index contributed by atoms with van der Waals surface area (Å²) in [5, 5.41) is 12.3. The second kappa shape index (κ2) is 7.32. The third kappa shape index (κ3) is 4.51. The molecular formula is C16H13ClN2O2. The predicted octanol–water partition coefficient (Wildman–Crippen LogP) is 3.10. The molecular weight excluding hydrogens is 288 g/mol. The Morgan fingerprint density at radius 3 is 2.48 bits per heavy atom. The quantitative estimate of drug-likeness (QED) is 0.923. The number of hydrogen-bond donors (Lipinski definition) is 1. The van der Waals surface area contributed by atoms with Crippen molar-refractivity contribution in [2.24, 2.45) is 0 Å². The molecule has 106 valence electrons. The number of rotatable bonds is 5. The molecule has 2 aromatic rings. The van der Waals surface area contributed by atoms with Gasteiger partial charge in [-0.05, 0) is 29.8 Å². The predicted molar refractivity (Wildman–Crippen MR) is 79.9 cm³/mol. The molecule has 0 fully saturated rings. The fourth-order valence-electron chi connectivity index (χ4n) is 1.72. The van der Waals surface area contributed by atoms with Crippen LogP contribution in [0.1, 0.15) is 11.6 Å². The summed E-state index contributed by atoms with van der Waals surface area (Å²) in [6, 6.07) is 17.1. The Labute approximate surface area is 127 Å². The number of halogens is 1. The molecule has 0 spiro atoms. The number of nitrogens with zero attached hydrogens (tertiary/aromatic N) is 1. The number of carbonyl (C=O) groups excluding carboxylic acids is 1.